The molecular formula is C42H53N5O7. The van der Waals surface area contributed by atoms with Crippen molar-refractivity contribution in [1.82, 2.24) is 25.8 Å². The van der Waals surface area contributed by atoms with Crippen LogP contribution in [0.15, 0.2) is 91.3 Å². The minimum absolute atomic E-state index is 0.143. The molecule has 0 bridgehead atoms. The number of ether oxygens (including phenoxy) is 2. The van der Waals surface area contributed by atoms with E-state index >= 15 is 0 Å². The molecule has 2 heterocycles. The number of aliphatic hydroxyl groups excluding tert-OH is 2. The van der Waals surface area contributed by atoms with Gasteiger partial charge in [-0.25, -0.2) is 0 Å². The first kappa shape index (κ1) is 40.2. The summed E-state index contributed by atoms with van der Waals surface area (Å²) in [5.74, 6) is -0.160. The summed E-state index contributed by atoms with van der Waals surface area (Å²) >= 11 is 0. The SMILES string of the molecule is CC(=O)NC1C(C)OC(Oc2ccc(C=CNC(=O)C(Cc3cn(C)c4ccccc34)NC(CC(C)C)C(=O)NCCc3ccccc3)cc2)C(O)C1O. The molecule has 5 rings (SSSR count). The number of rotatable bonds is 16. The zero-order valence-corrected chi connectivity index (χ0v) is 31.6. The van der Waals surface area contributed by atoms with Gasteiger partial charge in [0.2, 0.25) is 24.0 Å². The standard InChI is InChI=1S/C42H53N5O7/c1-26(2)23-34(40(51)43-21-19-29-11-7-6-8-12-29)46-35(24-31-25-47(5)36-14-10-9-13-33(31)36)41(52)44-22-20-30-15-17-32(18-16-30)54-42-39(50)38(49)37(27(3)53-42)45-28(4)48/h6-18,20,22,25-27,34-35,37-39,42,46,49-50H,19,21,23-24H2,1-5H3,(H,43,51)(H,44,52)(H,45,48). The lowest BCUT2D eigenvalue weighted by molar-refractivity contribution is -0.242. The molecule has 7 atom stereocenters. The zero-order valence-electron chi connectivity index (χ0n) is 31.6. The summed E-state index contributed by atoms with van der Waals surface area (Å²) in [6, 6.07) is 22.9. The number of aromatic nitrogens is 1. The molecule has 12 nitrogen and oxygen atoms in total. The van der Waals surface area contributed by atoms with Crippen molar-refractivity contribution in [2.24, 2.45) is 13.0 Å². The molecule has 1 saturated heterocycles. The van der Waals surface area contributed by atoms with Crippen LogP contribution in [0.25, 0.3) is 17.0 Å². The number of fused-ring (bicyclic) bond motifs is 1. The van der Waals surface area contributed by atoms with Crippen molar-refractivity contribution in [3.63, 3.8) is 0 Å². The molecule has 0 spiro atoms. The molecule has 0 saturated carbocycles. The molecule has 7 unspecified atom stereocenters. The van der Waals surface area contributed by atoms with Crippen molar-refractivity contribution in [1.29, 1.82) is 0 Å². The Labute approximate surface area is 316 Å². The number of para-hydroxylation sites is 1. The minimum Gasteiger partial charge on any atom is -0.462 e. The Kier molecular flexibility index (Phi) is 14.0. The van der Waals surface area contributed by atoms with E-state index in [4.69, 9.17) is 9.47 Å². The number of hydrogen-bond acceptors (Lipinski definition) is 8. The number of carbonyl (C=O) groups is 3. The Morgan fingerprint density at radius 1 is 0.926 bits per heavy atom. The van der Waals surface area contributed by atoms with Gasteiger partial charge in [-0.2, -0.15) is 0 Å². The molecule has 1 aromatic heterocycles. The molecular weight excluding hydrogens is 686 g/mol. The molecule has 3 amide bonds. The number of nitrogens with zero attached hydrogens (tertiary/aromatic N) is 1. The van der Waals surface area contributed by atoms with E-state index in [-0.39, 0.29) is 23.6 Å². The van der Waals surface area contributed by atoms with Crippen LogP contribution in [0.5, 0.6) is 5.75 Å². The van der Waals surface area contributed by atoms with Crippen LogP contribution in [0.2, 0.25) is 0 Å². The lowest BCUT2D eigenvalue weighted by Gasteiger charge is -2.41. The minimum atomic E-state index is -1.39. The van der Waals surface area contributed by atoms with E-state index in [1.807, 2.05) is 72.4 Å². The van der Waals surface area contributed by atoms with Gasteiger partial charge in [0, 0.05) is 43.8 Å². The van der Waals surface area contributed by atoms with Gasteiger partial charge >= 0.3 is 0 Å². The highest BCUT2D eigenvalue weighted by atomic mass is 16.7. The topological polar surface area (TPSA) is 163 Å². The van der Waals surface area contributed by atoms with E-state index in [1.54, 1.807) is 43.5 Å². The first-order valence-corrected chi connectivity index (χ1v) is 18.5. The molecule has 4 aromatic rings. The van der Waals surface area contributed by atoms with Gasteiger partial charge in [0.05, 0.1) is 24.2 Å². The van der Waals surface area contributed by atoms with E-state index in [0.717, 1.165) is 27.6 Å². The quantitative estimate of drug-likeness (QED) is 0.102. The first-order chi connectivity index (χ1) is 25.9. The highest BCUT2D eigenvalue weighted by molar-refractivity contribution is 5.88. The first-order valence-electron chi connectivity index (χ1n) is 18.5. The summed E-state index contributed by atoms with van der Waals surface area (Å²) in [5, 5.41) is 34.2. The van der Waals surface area contributed by atoms with Crippen LogP contribution >= 0.6 is 0 Å². The van der Waals surface area contributed by atoms with Crippen LogP contribution < -0.4 is 26.0 Å². The molecule has 1 fully saturated rings. The van der Waals surface area contributed by atoms with E-state index in [2.05, 4.69) is 35.1 Å². The lowest BCUT2D eigenvalue weighted by Crippen LogP contribution is -2.63. The smallest absolute Gasteiger partial charge is 0.241 e. The van der Waals surface area contributed by atoms with Gasteiger partial charge in [-0.15, -0.1) is 0 Å². The van der Waals surface area contributed by atoms with Crippen LogP contribution in [-0.4, -0.2) is 81.8 Å². The predicted octanol–water partition coefficient (Wildman–Crippen LogP) is 3.59. The third-order valence-corrected chi connectivity index (χ3v) is 9.56. The van der Waals surface area contributed by atoms with Gasteiger partial charge < -0.3 is 40.2 Å². The van der Waals surface area contributed by atoms with Gasteiger partial charge in [-0.3, -0.25) is 19.7 Å². The fraction of sp³-hybridized carbons (Fsp3) is 0.405. The number of amides is 3. The Bertz CT molecular complexity index is 1880. The molecule has 0 radical (unpaired) electrons. The Morgan fingerprint density at radius 2 is 1.63 bits per heavy atom. The average Bonchev–Trinajstić information content (AvgIpc) is 3.46. The number of hydrogen-bond donors (Lipinski definition) is 6. The summed E-state index contributed by atoms with van der Waals surface area (Å²) in [4.78, 5) is 39.0. The van der Waals surface area contributed by atoms with Gasteiger partial charge in [-0.05, 0) is 73.1 Å². The summed E-state index contributed by atoms with van der Waals surface area (Å²) in [5.41, 5.74) is 3.95. The van der Waals surface area contributed by atoms with Gasteiger partial charge in [0.15, 0.2) is 0 Å². The second-order valence-electron chi connectivity index (χ2n) is 14.4. The number of aliphatic hydroxyl groups is 2. The van der Waals surface area contributed by atoms with Crippen LogP contribution in [0.3, 0.4) is 0 Å². The van der Waals surface area contributed by atoms with E-state index in [9.17, 15) is 24.6 Å². The monoisotopic (exact) mass is 739 g/mol. The van der Waals surface area contributed by atoms with Crippen molar-refractivity contribution in [2.45, 2.75) is 89.7 Å². The number of carbonyl (C=O) groups excluding carboxylic acids is 3. The highest BCUT2D eigenvalue weighted by Gasteiger charge is 2.44. The molecule has 288 valence electrons. The average molecular weight is 740 g/mol. The van der Waals surface area contributed by atoms with Crippen molar-refractivity contribution >= 4 is 34.7 Å². The number of benzene rings is 3. The van der Waals surface area contributed by atoms with Crippen LogP contribution in [0.4, 0.5) is 0 Å². The largest absolute Gasteiger partial charge is 0.462 e. The fourth-order valence-electron chi connectivity index (χ4n) is 6.77. The number of nitrogens with one attached hydrogen (secondary N) is 4. The van der Waals surface area contributed by atoms with Crippen molar-refractivity contribution in [3.05, 3.63) is 108 Å². The summed E-state index contributed by atoms with van der Waals surface area (Å²) in [7, 11) is 1.98. The third-order valence-electron chi connectivity index (χ3n) is 9.56. The zero-order chi connectivity index (χ0) is 38.8. The Hall–Kier alpha value is -5.01. The van der Waals surface area contributed by atoms with Crippen LogP contribution in [0.1, 0.15) is 50.8 Å². The molecule has 1 aliphatic heterocycles. The molecule has 3 aromatic carbocycles. The molecule has 1 aliphatic rings. The van der Waals surface area contributed by atoms with Crippen LogP contribution in [-0.2, 0) is 39.0 Å². The van der Waals surface area contributed by atoms with Crippen LogP contribution in [0, 0.1) is 5.92 Å². The van der Waals surface area contributed by atoms with Gasteiger partial charge in [-0.1, -0.05) is 74.5 Å². The number of aryl methyl sites for hydroxylation is 1. The van der Waals surface area contributed by atoms with Gasteiger partial charge in [0.25, 0.3) is 0 Å². The molecule has 12 heteroatoms. The second kappa shape index (κ2) is 18.8. The fourth-order valence-corrected chi connectivity index (χ4v) is 6.77. The molecule has 54 heavy (non-hydrogen) atoms. The third kappa shape index (κ3) is 10.8. The normalized spacial score (nSPS) is 21.1. The van der Waals surface area contributed by atoms with E-state index in [1.165, 1.54) is 6.92 Å². The molecule has 6 N–H and O–H groups in total. The summed E-state index contributed by atoms with van der Waals surface area (Å²) < 4.78 is 13.6. The van der Waals surface area contributed by atoms with E-state index in [0.29, 0.717) is 31.6 Å². The summed E-state index contributed by atoms with van der Waals surface area (Å²) in [6.07, 6.45) is 2.57. The lowest BCUT2D eigenvalue weighted by atomic mass is 9.97. The van der Waals surface area contributed by atoms with Crippen molar-refractivity contribution in [3.8, 4) is 5.75 Å². The van der Waals surface area contributed by atoms with Crippen molar-refractivity contribution < 1.29 is 34.1 Å². The molecule has 0 aliphatic carbocycles. The Balaban J connectivity index is 1.25. The maximum atomic E-state index is 13.9. The second-order valence-corrected chi connectivity index (χ2v) is 14.4. The maximum absolute atomic E-state index is 13.9. The highest BCUT2D eigenvalue weighted by Crippen LogP contribution is 2.25. The van der Waals surface area contributed by atoms with Crippen molar-refractivity contribution in [2.75, 3.05) is 6.54 Å². The summed E-state index contributed by atoms with van der Waals surface area (Å²) in [6.45, 7) is 7.62. The van der Waals surface area contributed by atoms with E-state index < -0.39 is 42.7 Å². The maximum Gasteiger partial charge on any atom is 0.241 e. The predicted molar refractivity (Wildman–Crippen MR) is 208 cm³/mol. The Morgan fingerprint density at radius 3 is 2.33 bits per heavy atom. The van der Waals surface area contributed by atoms with Gasteiger partial charge in [0.1, 0.15) is 18.0 Å².